The highest BCUT2D eigenvalue weighted by Crippen LogP contribution is 2.18. The van der Waals surface area contributed by atoms with E-state index in [0.29, 0.717) is 17.4 Å². The lowest BCUT2D eigenvalue weighted by molar-refractivity contribution is 0.262. The number of rotatable bonds is 3. The zero-order valence-corrected chi connectivity index (χ0v) is 11.9. The molecule has 3 aromatic rings. The summed E-state index contributed by atoms with van der Waals surface area (Å²) in [6.07, 6.45) is 0. The summed E-state index contributed by atoms with van der Waals surface area (Å²) in [5.41, 5.74) is 2.24. The number of para-hydroxylation sites is 1. The Bertz CT molecular complexity index is 766. The molecule has 0 aliphatic carbocycles. The molecule has 6 nitrogen and oxygen atoms in total. The van der Waals surface area contributed by atoms with E-state index in [0.717, 1.165) is 11.3 Å². The first kappa shape index (κ1) is 13.8. The summed E-state index contributed by atoms with van der Waals surface area (Å²) in [7, 11) is 0. The number of amides is 2. The van der Waals surface area contributed by atoms with Gasteiger partial charge in [-0.25, -0.2) is 4.79 Å². The number of carbonyl (C=O) groups excluding carboxylic acids is 1. The molecule has 1 heterocycles. The van der Waals surface area contributed by atoms with Gasteiger partial charge in [0.15, 0.2) is 0 Å². The number of carbonyl (C=O) groups is 1. The summed E-state index contributed by atoms with van der Waals surface area (Å²) in [4.78, 5) is 16.0. The summed E-state index contributed by atoms with van der Waals surface area (Å²) >= 11 is 0. The average molecular weight is 294 g/mol. The first-order valence-electron chi connectivity index (χ1n) is 6.74. The third-order valence-corrected chi connectivity index (χ3v) is 2.96. The number of benzene rings is 2. The van der Waals surface area contributed by atoms with Crippen LogP contribution in [0.4, 0.5) is 16.2 Å². The predicted molar refractivity (Wildman–Crippen MR) is 83.6 cm³/mol. The fraction of sp³-hybridized carbons (Fsp3) is 0.0625. The monoisotopic (exact) mass is 294 g/mol. The number of urea groups is 1. The predicted octanol–water partition coefficient (Wildman–Crippen LogP) is 3.69. The quantitative estimate of drug-likeness (QED) is 0.772. The Morgan fingerprint density at radius 3 is 2.18 bits per heavy atom. The van der Waals surface area contributed by atoms with Crippen molar-refractivity contribution in [3.8, 4) is 11.4 Å². The van der Waals surface area contributed by atoms with Gasteiger partial charge in [0.25, 0.3) is 0 Å². The first-order chi connectivity index (χ1) is 10.7. The van der Waals surface area contributed by atoms with Gasteiger partial charge in [-0.1, -0.05) is 23.4 Å². The molecule has 2 N–H and O–H groups in total. The van der Waals surface area contributed by atoms with Crippen molar-refractivity contribution in [2.75, 3.05) is 10.6 Å². The topological polar surface area (TPSA) is 80.0 Å². The van der Waals surface area contributed by atoms with Gasteiger partial charge in [0.05, 0.1) is 0 Å². The van der Waals surface area contributed by atoms with Crippen LogP contribution in [-0.4, -0.2) is 16.2 Å². The molecule has 2 amide bonds. The standard InChI is InChI=1S/C16H14N4O2/c1-11-17-15(20-22-11)12-7-9-14(10-8-12)19-16(21)18-13-5-3-2-4-6-13/h2-10H,1H3,(H2,18,19,21). The fourth-order valence-corrected chi connectivity index (χ4v) is 1.93. The lowest BCUT2D eigenvalue weighted by atomic mass is 10.2. The summed E-state index contributed by atoms with van der Waals surface area (Å²) < 4.78 is 4.94. The summed E-state index contributed by atoms with van der Waals surface area (Å²) in [5, 5.41) is 9.36. The van der Waals surface area contributed by atoms with Crippen molar-refractivity contribution in [1.82, 2.24) is 10.1 Å². The van der Waals surface area contributed by atoms with E-state index in [1.165, 1.54) is 0 Å². The average Bonchev–Trinajstić information content (AvgIpc) is 2.95. The Morgan fingerprint density at radius 2 is 1.59 bits per heavy atom. The van der Waals surface area contributed by atoms with Gasteiger partial charge >= 0.3 is 6.03 Å². The van der Waals surface area contributed by atoms with Gasteiger partial charge in [-0.15, -0.1) is 0 Å². The fourth-order valence-electron chi connectivity index (χ4n) is 1.93. The molecule has 0 bridgehead atoms. The molecule has 0 radical (unpaired) electrons. The second-order valence-electron chi connectivity index (χ2n) is 4.66. The molecule has 0 atom stereocenters. The minimum atomic E-state index is -0.297. The number of aryl methyl sites for hydroxylation is 1. The molecule has 0 saturated carbocycles. The Labute approximate surface area is 127 Å². The third-order valence-electron chi connectivity index (χ3n) is 2.96. The second-order valence-corrected chi connectivity index (χ2v) is 4.66. The summed E-state index contributed by atoms with van der Waals surface area (Å²) in [6, 6.07) is 16.2. The van der Waals surface area contributed by atoms with E-state index in [1.807, 2.05) is 42.5 Å². The molecule has 0 spiro atoms. The van der Waals surface area contributed by atoms with Crippen molar-refractivity contribution in [2.24, 2.45) is 0 Å². The highest BCUT2D eigenvalue weighted by atomic mass is 16.5. The highest BCUT2D eigenvalue weighted by molar-refractivity contribution is 5.99. The van der Waals surface area contributed by atoms with Crippen molar-refractivity contribution in [2.45, 2.75) is 6.92 Å². The highest BCUT2D eigenvalue weighted by Gasteiger charge is 2.06. The maximum absolute atomic E-state index is 11.9. The van der Waals surface area contributed by atoms with E-state index in [4.69, 9.17) is 4.52 Å². The second kappa shape index (κ2) is 6.09. The SMILES string of the molecule is Cc1nc(-c2ccc(NC(=O)Nc3ccccc3)cc2)no1. The largest absolute Gasteiger partial charge is 0.339 e. The van der Waals surface area contributed by atoms with Crippen molar-refractivity contribution in [1.29, 1.82) is 0 Å². The van der Waals surface area contributed by atoms with Gasteiger partial charge in [0, 0.05) is 23.9 Å². The van der Waals surface area contributed by atoms with E-state index in [1.54, 1.807) is 19.1 Å². The van der Waals surface area contributed by atoms with Crippen LogP contribution in [0.15, 0.2) is 59.1 Å². The van der Waals surface area contributed by atoms with Gasteiger partial charge in [-0.05, 0) is 36.4 Å². The van der Waals surface area contributed by atoms with Crippen LogP contribution in [0.1, 0.15) is 5.89 Å². The zero-order valence-electron chi connectivity index (χ0n) is 11.9. The number of aromatic nitrogens is 2. The first-order valence-corrected chi connectivity index (χ1v) is 6.74. The van der Waals surface area contributed by atoms with Gasteiger partial charge in [-0.3, -0.25) is 0 Å². The van der Waals surface area contributed by atoms with Gasteiger partial charge in [0.2, 0.25) is 11.7 Å². The Morgan fingerprint density at radius 1 is 0.955 bits per heavy atom. The van der Waals surface area contributed by atoms with Crippen molar-refractivity contribution >= 4 is 17.4 Å². The van der Waals surface area contributed by atoms with E-state index < -0.39 is 0 Å². The number of anilines is 2. The molecule has 110 valence electrons. The van der Waals surface area contributed by atoms with Crippen LogP contribution in [0.3, 0.4) is 0 Å². The molecular weight excluding hydrogens is 280 g/mol. The van der Waals surface area contributed by atoms with Crippen molar-refractivity contribution < 1.29 is 9.32 Å². The number of nitrogens with one attached hydrogen (secondary N) is 2. The normalized spacial score (nSPS) is 10.2. The summed E-state index contributed by atoms with van der Waals surface area (Å²) in [5.74, 6) is 1.04. The Kier molecular flexibility index (Phi) is 3.82. The molecule has 2 aromatic carbocycles. The molecule has 0 aliphatic rings. The van der Waals surface area contributed by atoms with E-state index in [2.05, 4.69) is 20.8 Å². The molecule has 22 heavy (non-hydrogen) atoms. The Hall–Kier alpha value is -3.15. The van der Waals surface area contributed by atoms with Crippen LogP contribution in [0, 0.1) is 6.92 Å². The van der Waals surface area contributed by atoms with Crippen LogP contribution < -0.4 is 10.6 Å². The molecule has 6 heteroatoms. The lowest BCUT2D eigenvalue weighted by Crippen LogP contribution is -2.19. The van der Waals surface area contributed by atoms with Crippen LogP contribution >= 0.6 is 0 Å². The van der Waals surface area contributed by atoms with E-state index in [-0.39, 0.29) is 6.03 Å². The molecule has 0 unspecified atom stereocenters. The van der Waals surface area contributed by atoms with Crippen LogP contribution in [0.5, 0.6) is 0 Å². The van der Waals surface area contributed by atoms with Crippen LogP contribution in [-0.2, 0) is 0 Å². The number of hydrogen-bond donors (Lipinski definition) is 2. The smallest absolute Gasteiger partial charge is 0.323 e. The van der Waals surface area contributed by atoms with Crippen LogP contribution in [0.2, 0.25) is 0 Å². The summed E-state index contributed by atoms with van der Waals surface area (Å²) in [6.45, 7) is 1.74. The minimum absolute atomic E-state index is 0.297. The van der Waals surface area contributed by atoms with E-state index in [9.17, 15) is 4.79 Å². The zero-order chi connectivity index (χ0) is 15.4. The minimum Gasteiger partial charge on any atom is -0.339 e. The lowest BCUT2D eigenvalue weighted by Gasteiger charge is -2.07. The number of nitrogens with zero attached hydrogens (tertiary/aromatic N) is 2. The molecule has 1 aromatic heterocycles. The van der Waals surface area contributed by atoms with Crippen molar-refractivity contribution in [3.05, 3.63) is 60.5 Å². The maximum atomic E-state index is 11.9. The van der Waals surface area contributed by atoms with Gasteiger partial charge < -0.3 is 15.2 Å². The van der Waals surface area contributed by atoms with E-state index >= 15 is 0 Å². The molecule has 3 rings (SSSR count). The molecule has 0 aliphatic heterocycles. The Balaban J connectivity index is 1.65. The van der Waals surface area contributed by atoms with Gasteiger partial charge in [0.1, 0.15) is 0 Å². The van der Waals surface area contributed by atoms with Gasteiger partial charge in [-0.2, -0.15) is 4.98 Å². The number of hydrogen-bond acceptors (Lipinski definition) is 4. The van der Waals surface area contributed by atoms with Crippen LogP contribution in [0.25, 0.3) is 11.4 Å². The third kappa shape index (κ3) is 3.29. The molecular formula is C16H14N4O2. The maximum Gasteiger partial charge on any atom is 0.323 e. The molecule has 0 saturated heterocycles. The molecule has 0 fully saturated rings. The van der Waals surface area contributed by atoms with Crippen molar-refractivity contribution in [3.63, 3.8) is 0 Å².